The van der Waals surface area contributed by atoms with Gasteiger partial charge in [0.2, 0.25) is 0 Å². The smallest absolute Gasteiger partial charge is 0.383 e. The maximum absolute atomic E-state index is 12.7. The molecular weight excluding hydrogens is 522 g/mol. The predicted molar refractivity (Wildman–Crippen MR) is 128 cm³/mol. The van der Waals surface area contributed by atoms with Crippen LogP contribution in [0.15, 0.2) is 53.5 Å². The van der Waals surface area contributed by atoms with Gasteiger partial charge in [0, 0.05) is 12.7 Å². The summed E-state index contributed by atoms with van der Waals surface area (Å²) in [6.45, 7) is 2.39. The molecule has 0 amide bonds. The minimum Gasteiger partial charge on any atom is -0.383 e. The first-order valence-corrected chi connectivity index (χ1v) is 11.4. The fraction of sp³-hybridized carbons (Fsp3) is 0.250. The van der Waals surface area contributed by atoms with Gasteiger partial charge in [-0.05, 0) is 54.3 Å². The Morgan fingerprint density at radius 1 is 1.06 bits per heavy atom. The zero-order valence-corrected chi connectivity index (χ0v) is 20.4. The third kappa shape index (κ3) is 6.86. The van der Waals surface area contributed by atoms with Gasteiger partial charge in [0.05, 0.1) is 22.8 Å². The SMILES string of the molecule is CCc1ccnc(NCc2c(Cl)cc(Cl)c(=O)n2CCc2ccc(C(=O)OC(=O)C(F)(F)F)cc2)c1. The van der Waals surface area contributed by atoms with Crippen LogP contribution in [0.5, 0.6) is 0 Å². The molecule has 0 unspecified atom stereocenters. The molecule has 7 nitrogen and oxygen atoms in total. The van der Waals surface area contributed by atoms with Crippen molar-refractivity contribution in [3.63, 3.8) is 0 Å². The minimum atomic E-state index is -5.28. The quantitative estimate of drug-likeness (QED) is 0.311. The molecule has 0 radical (unpaired) electrons. The van der Waals surface area contributed by atoms with E-state index >= 15 is 0 Å². The van der Waals surface area contributed by atoms with E-state index in [2.05, 4.69) is 15.0 Å². The maximum Gasteiger partial charge on any atom is 0.491 e. The number of halogens is 5. The molecule has 0 fully saturated rings. The highest BCUT2D eigenvalue weighted by atomic mass is 35.5. The van der Waals surface area contributed by atoms with Gasteiger partial charge < -0.3 is 14.6 Å². The summed E-state index contributed by atoms with van der Waals surface area (Å²) in [5.41, 5.74) is 1.56. The normalized spacial score (nSPS) is 11.3. The van der Waals surface area contributed by atoms with Crippen molar-refractivity contribution in [3.05, 3.63) is 91.4 Å². The van der Waals surface area contributed by atoms with Gasteiger partial charge in [-0.1, -0.05) is 42.3 Å². The lowest BCUT2D eigenvalue weighted by Gasteiger charge is -2.16. The Hall–Kier alpha value is -3.37. The second-order valence-electron chi connectivity index (χ2n) is 7.62. The molecule has 0 saturated heterocycles. The topological polar surface area (TPSA) is 90.3 Å². The van der Waals surface area contributed by atoms with E-state index < -0.39 is 23.7 Å². The molecule has 190 valence electrons. The van der Waals surface area contributed by atoms with Crippen molar-refractivity contribution in [2.45, 2.75) is 39.0 Å². The molecule has 1 aromatic carbocycles. The van der Waals surface area contributed by atoms with Crippen molar-refractivity contribution in [2.75, 3.05) is 5.32 Å². The first-order valence-electron chi connectivity index (χ1n) is 10.7. The van der Waals surface area contributed by atoms with Crippen molar-refractivity contribution < 1.29 is 27.5 Å². The van der Waals surface area contributed by atoms with Gasteiger partial charge >= 0.3 is 18.1 Å². The monoisotopic (exact) mass is 541 g/mol. The summed E-state index contributed by atoms with van der Waals surface area (Å²) >= 11 is 12.4. The summed E-state index contributed by atoms with van der Waals surface area (Å²) in [4.78, 5) is 39.6. The molecule has 0 bridgehead atoms. The van der Waals surface area contributed by atoms with Gasteiger partial charge in [0.1, 0.15) is 10.8 Å². The molecule has 0 saturated carbocycles. The molecule has 3 rings (SSSR count). The van der Waals surface area contributed by atoms with Crippen molar-refractivity contribution in [3.8, 4) is 0 Å². The summed E-state index contributed by atoms with van der Waals surface area (Å²) in [6, 6.07) is 10.6. The lowest BCUT2D eigenvalue weighted by molar-refractivity contribution is -0.193. The molecule has 36 heavy (non-hydrogen) atoms. The number of rotatable bonds is 8. The Kier molecular flexibility index (Phi) is 8.75. The molecule has 3 aromatic rings. The van der Waals surface area contributed by atoms with Gasteiger partial charge in [-0.3, -0.25) is 4.79 Å². The van der Waals surface area contributed by atoms with E-state index in [-0.39, 0.29) is 28.7 Å². The number of ether oxygens (including phenoxy) is 1. The molecule has 0 aliphatic heterocycles. The van der Waals surface area contributed by atoms with E-state index in [1.54, 1.807) is 6.20 Å². The molecule has 12 heteroatoms. The molecule has 0 aliphatic carbocycles. The summed E-state index contributed by atoms with van der Waals surface area (Å²) < 4.78 is 42.1. The molecule has 0 spiro atoms. The first-order chi connectivity index (χ1) is 17.0. The Bertz CT molecular complexity index is 1330. The van der Waals surface area contributed by atoms with Crippen LogP contribution in [0.2, 0.25) is 10.0 Å². The molecule has 0 atom stereocenters. The lowest BCUT2D eigenvalue weighted by atomic mass is 10.1. The van der Waals surface area contributed by atoms with Crippen LogP contribution in [-0.2, 0) is 35.5 Å². The number of carbonyl (C=O) groups is 2. The minimum absolute atomic E-state index is 0.0534. The van der Waals surface area contributed by atoms with Crippen molar-refractivity contribution >= 4 is 41.0 Å². The van der Waals surface area contributed by atoms with Crippen molar-refractivity contribution in [1.82, 2.24) is 9.55 Å². The largest absolute Gasteiger partial charge is 0.491 e. The van der Waals surface area contributed by atoms with E-state index in [0.29, 0.717) is 23.5 Å². The predicted octanol–water partition coefficient (Wildman–Crippen LogP) is 5.21. The number of nitrogens with zero attached hydrogens (tertiary/aromatic N) is 2. The number of hydrogen-bond acceptors (Lipinski definition) is 6. The van der Waals surface area contributed by atoms with Crippen LogP contribution in [0.1, 0.15) is 34.1 Å². The van der Waals surface area contributed by atoms with Crippen LogP contribution in [0.25, 0.3) is 0 Å². The number of aryl methyl sites for hydroxylation is 2. The van der Waals surface area contributed by atoms with E-state index in [1.807, 2.05) is 19.1 Å². The number of aromatic nitrogens is 2. The number of hydrogen-bond donors (Lipinski definition) is 1. The Morgan fingerprint density at radius 2 is 1.75 bits per heavy atom. The summed E-state index contributed by atoms with van der Waals surface area (Å²) in [5, 5.41) is 3.38. The van der Waals surface area contributed by atoms with E-state index in [4.69, 9.17) is 23.2 Å². The van der Waals surface area contributed by atoms with Gasteiger partial charge in [-0.25, -0.2) is 14.6 Å². The fourth-order valence-corrected chi connectivity index (χ4v) is 3.81. The second-order valence-corrected chi connectivity index (χ2v) is 8.44. The van der Waals surface area contributed by atoms with E-state index in [1.165, 1.54) is 34.9 Å². The van der Waals surface area contributed by atoms with Crippen LogP contribution in [0, 0.1) is 0 Å². The van der Waals surface area contributed by atoms with Crippen LogP contribution >= 0.6 is 23.2 Å². The Balaban J connectivity index is 1.74. The summed E-state index contributed by atoms with van der Waals surface area (Å²) in [5.74, 6) is -3.40. The number of nitrogens with one attached hydrogen (secondary N) is 1. The summed E-state index contributed by atoms with van der Waals surface area (Å²) in [7, 11) is 0. The highest BCUT2D eigenvalue weighted by molar-refractivity contribution is 6.34. The first kappa shape index (κ1) is 27.2. The van der Waals surface area contributed by atoms with Crippen molar-refractivity contribution in [2.24, 2.45) is 0 Å². The Labute approximate surface area is 213 Å². The van der Waals surface area contributed by atoms with Gasteiger partial charge in [-0.2, -0.15) is 13.2 Å². The Morgan fingerprint density at radius 3 is 2.39 bits per heavy atom. The number of anilines is 1. The number of carbonyl (C=O) groups excluding carboxylic acids is 2. The lowest BCUT2D eigenvalue weighted by Crippen LogP contribution is -2.28. The zero-order valence-electron chi connectivity index (χ0n) is 18.9. The number of esters is 2. The fourth-order valence-electron chi connectivity index (χ4n) is 3.27. The average Bonchev–Trinajstić information content (AvgIpc) is 2.84. The number of alkyl halides is 3. The number of benzene rings is 1. The zero-order chi connectivity index (χ0) is 26.5. The highest BCUT2D eigenvalue weighted by Crippen LogP contribution is 2.21. The van der Waals surface area contributed by atoms with E-state index in [0.717, 1.165) is 12.0 Å². The van der Waals surface area contributed by atoms with Gasteiger partial charge in [0.15, 0.2) is 0 Å². The molecular formula is C24H20Cl2F3N3O4. The third-order valence-electron chi connectivity index (χ3n) is 5.20. The molecule has 2 aromatic heterocycles. The molecule has 1 N–H and O–H groups in total. The van der Waals surface area contributed by atoms with Crippen molar-refractivity contribution in [1.29, 1.82) is 0 Å². The summed E-state index contributed by atoms with van der Waals surface area (Å²) in [6.07, 6.45) is -2.46. The van der Waals surface area contributed by atoms with Gasteiger partial charge in [-0.15, -0.1) is 0 Å². The standard InChI is InChI=1S/C24H20Cl2F3N3O4/c1-2-14-7-9-30-20(11-14)31-13-19-17(25)12-18(26)21(33)32(19)10-8-15-3-5-16(6-4-15)22(34)36-23(35)24(27,28)29/h3-7,9,11-12H,2,8,10,13H2,1H3,(H,30,31). The average molecular weight is 542 g/mol. The third-order valence-corrected chi connectivity index (χ3v) is 5.80. The molecule has 2 heterocycles. The second kappa shape index (κ2) is 11.6. The van der Waals surface area contributed by atoms with Crippen LogP contribution in [-0.4, -0.2) is 27.7 Å². The van der Waals surface area contributed by atoms with Crippen LogP contribution in [0.3, 0.4) is 0 Å². The van der Waals surface area contributed by atoms with Crippen LogP contribution < -0.4 is 10.9 Å². The maximum atomic E-state index is 12.7. The molecule has 0 aliphatic rings. The van der Waals surface area contributed by atoms with E-state index in [9.17, 15) is 27.6 Å². The highest BCUT2D eigenvalue weighted by Gasteiger charge is 2.42. The van der Waals surface area contributed by atoms with Gasteiger partial charge in [0.25, 0.3) is 5.56 Å². The number of pyridine rings is 2. The van der Waals surface area contributed by atoms with Crippen LogP contribution in [0.4, 0.5) is 19.0 Å².